The first-order valence-corrected chi connectivity index (χ1v) is 6.89. The van der Waals surface area contributed by atoms with Gasteiger partial charge in [0.1, 0.15) is 5.69 Å². The second-order valence-corrected chi connectivity index (χ2v) is 5.63. The summed E-state index contributed by atoms with van der Waals surface area (Å²) in [4.78, 5) is 22.3. The maximum absolute atomic E-state index is 11.9. The Bertz CT molecular complexity index is 413. The largest absolute Gasteiger partial charge is 0.349 e. The number of amides is 1. The minimum Gasteiger partial charge on any atom is -0.349 e. The van der Waals surface area contributed by atoms with Crippen LogP contribution in [0, 0.1) is 0 Å². The molecular formula is C14H22N4O. The van der Waals surface area contributed by atoms with E-state index in [0.717, 1.165) is 13.1 Å². The smallest absolute Gasteiger partial charge is 0.271 e. The first-order chi connectivity index (χ1) is 9.09. The van der Waals surface area contributed by atoms with Crippen molar-refractivity contribution in [1.29, 1.82) is 0 Å². The van der Waals surface area contributed by atoms with Crippen molar-refractivity contribution in [1.82, 2.24) is 20.2 Å². The molecule has 1 N–H and O–H groups in total. The van der Waals surface area contributed by atoms with E-state index in [2.05, 4.69) is 34.0 Å². The molecule has 0 bridgehead atoms. The Labute approximate surface area is 114 Å². The van der Waals surface area contributed by atoms with Crippen LogP contribution in [0.5, 0.6) is 0 Å². The summed E-state index contributed by atoms with van der Waals surface area (Å²) in [5.41, 5.74) is 0.357. The zero-order valence-electron chi connectivity index (χ0n) is 11.7. The predicted octanol–water partition coefficient (Wildman–Crippen LogP) is 1.47. The molecule has 0 atom stereocenters. The van der Waals surface area contributed by atoms with Crippen LogP contribution < -0.4 is 5.32 Å². The highest BCUT2D eigenvalue weighted by Gasteiger charge is 2.28. The lowest BCUT2D eigenvalue weighted by Crippen LogP contribution is -2.53. The highest BCUT2D eigenvalue weighted by molar-refractivity contribution is 5.91. The molecule has 104 valence electrons. The van der Waals surface area contributed by atoms with Crippen molar-refractivity contribution in [2.75, 3.05) is 19.6 Å². The standard InChI is InChI=1S/C14H22N4O/c1-14(2,18-8-4-3-5-9-18)11-17-13(19)12-10-15-6-7-16-12/h6-7,10H,3-5,8-9,11H2,1-2H3,(H,17,19). The molecule has 5 nitrogen and oxygen atoms in total. The van der Waals surface area contributed by atoms with Gasteiger partial charge >= 0.3 is 0 Å². The molecule has 1 aliphatic rings. The molecule has 0 spiro atoms. The summed E-state index contributed by atoms with van der Waals surface area (Å²) < 4.78 is 0. The van der Waals surface area contributed by atoms with E-state index < -0.39 is 0 Å². The average molecular weight is 262 g/mol. The molecular weight excluding hydrogens is 240 g/mol. The van der Waals surface area contributed by atoms with E-state index in [1.165, 1.54) is 31.7 Å². The second-order valence-electron chi connectivity index (χ2n) is 5.63. The van der Waals surface area contributed by atoms with Crippen molar-refractivity contribution in [3.8, 4) is 0 Å². The van der Waals surface area contributed by atoms with Crippen LogP contribution in [0.15, 0.2) is 18.6 Å². The van der Waals surface area contributed by atoms with Crippen LogP contribution in [0.25, 0.3) is 0 Å². The number of nitrogens with one attached hydrogen (secondary N) is 1. The quantitative estimate of drug-likeness (QED) is 0.892. The van der Waals surface area contributed by atoms with Gasteiger partial charge in [0.15, 0.2) is 0 Å². The minimum atomic E-state index is -0.154. The Kier molecular flexibility index (Phi) is 4.47. The molecule has 1 fully saturated rings. The fraction of sp³-hybridized carbons (Fsp3) is 0.643. The van der Waals surface area contributed by atoms with Crippen LogP contribution in [0.4, 0.5) is 0 Å². The van der Waals surface area contributed by atoms with Crippen molar-refractivity contribution in [3.63, 3.8) is 0 Å². The molecule has 5 heteroatoms. The molecule has 19 heavy (non-hydrogen) atoms. The van der Waals surface area contributed by atoms with Crippen LogP contribution >= 0.6 is 0 Å². The molecule has 1 aromatic heterocycles. The lowest BCUT2D eigenvalue weighted by Gasteiger charge is -2.41. The molecule has 1 amide bonds. The third-order valence-corrected chi connectivity index (χ3v) is 3.69. The number of nitrogens with zero attached hydrogens (tertiary/aromatic N) is 3. The van der Waals surface area contributed by atoms with Gasteiger partial charge in [-0.1, -0.05) is 6.42 Å². The molecule has 0 radical (unpaired) electrons. The molecule has 1 saturated heterocycles. The van der Waals surface area contributed by atoms with E-state index >= 15 is 0 Å². The van der Waals surface area contributed by atoms with Crippen molar-refractivity contribution in [3.05, 3.63) is 24.3 Å². The fourth-order valence-electron chi connectivity index (χ4n) is 2.41. The fourth-order valence-corrected chi connectivity index (χ4v) is 2.41. The summed E-state index contributed by atoms with van der Waals surface area (Å²) in [5.74, 6) is -0.154. The lowest BCUT2D eigenvalue weighted by molar-refractivity contribution is 0.0794. The summed E-state index contributed by atoms with van der Waals surface area (Å²) in [6.07, 6.45) is 8.41. The Morgan fingerprint density at radius 2 is 2.05 bits per heavy atom. The van der Waals surface area contributed by atoms with Crippen LogP contribution in [0.3, 0.4) is 0 Å². The van der Waals surface area contributed by atoms with Crippen molar-refractivity contribution in [2.45, 2.75) is 38.6 Å². The molecule has 2 heterocycles. The number of carbonyl (C=O) groups is 1. The predicted molar refractivity (Wildman–Crippen MR) is 73.9 cm³/mol. The van der Waals surface area contributed by atoms with Gasteiger partial charge in [0.2, 0.25) is 0 Å². The van der Waals surface area contributed by atoms with Gasteiger partial charge in [-0.25, -0.2) is 4.98 Å². The third-order valence-electron chi connectivity index (χ3n) is 3.69. The van der Waals surface area contributed by atoms with E-state index in [9.17, 15) is 4.79 Å². The first kappa shape index (κ1) is 13.9. The maximum Gasteiger partial charge on any atom is 0.271 e. The topological polar surface area (TPSA) is 58.1 Å². The Morgan fingerprint density at radius 1 is 1.32 bits per heavy atom. The molecule has 1 aromatic rings. The molecule has 1 aliphatic heterocycles. The van der Waals surface area contributed by atoms with Gasteiger partial charge in [0, 0.05) is 24.5 Å². The van der Waals surface area contributed by atoms with Gasteiger partial charge in [-0.05, 0) is 39.8 Å². The van der Waals surface area contributed by atoms with Crippen LogP contribution in [-0.2, 0) is 0 Å². The average Bonchev–Trinajstić information content (AvgIpc) is 2.47. The van der Waals surface area contributed by atoms with Gasteiger partial charge in [0.25, 0.3) is 5.91 Å². The Hall–Kier alpha value is -1.49. The number of carbonyl (C=O) groups excluding carboxylic acids is 1. The second kappa shape index (κ2) is 6.10. The van der Waals surface area contributed by atoms with Gasteiger partial charge < -0.3 is 5.32 Å². The monoisotopic (exact) mass is 262 g/mol. The number of hydrogen-bond donors (Lipinski definition) is 1. The van der Waals surface area contributed by atoms with Gasteiger partial charge in [0.05, 0.1) is 6.20 Å². The van der Waals surface area contributed by atoms with Crippen molar-refractivity contribution >= 4 is 5.91 Å². The van der Waals surface area contributed by atoms with Crippen LogP contribution in [0.2, 0.25) is 0 Å². The highest BCUT2D eigenvalue weighted by Crippen LogP contribution is 2.19. The van der Waals surface area contributed by atoms with E-state index in [1.54, 1.807) is 6.20 Å². The molecule has 0 aromatic carbocycles. The minimum absolute atomic E-state index is 0.0156. The van der Waals surface area contributed by atoms with Gasteiger partial charge in [-0.3, -0.25) is 14.7 Å². The number of piperidine rings is 1. The molecule has 0 aliphatic carbocycles. The lowest BCUT2D eigenvalue weighted by atomic mass is 9.98. The summed E-state index contributed by atoms with van der Waals surface area (Å²) in [6, 6.07) is 0. The number of rotatable bonds is 4. The summed E-state index contributed by atoms with van der Waals surface area (Å²) in [6.45, 7) is 7.22. The summed E-state index contributed by atoms with van der Waals surface area (Å²) in [5, 5.41) is 2.95. The zero-order valence-corrected chi connectivity index (χ0v) is 11.7. The summed E-state index contributed by atoms with van der Waals surface area (Å²) >= 11 is 0. The molecule has 0 unspecified atom stereocenters. The van der Waals surface area contributed by atoms with E-state index in [0.29, 0.717) is 12.2 Å². The Morgan fingerprint density at radius 3 is 2.68 bits per heavy atom. The van der Waals surface area contributed by atoms with Gasteiger partial charge in [-0.2, -0.15) is 0 Å². The molecule has 2 rings (SSSR count). The third kappa shape index (κ3) is 3.73. The normalized spacial score (nSPS) is 17.2. The number of hydrogen-bond acceptors (Lipinski definition) is 4. The van der Waals surface area contributed by atoms with Crippen LogP contribution in [0.1, 0.15) is 43.6 Å². The van der Waals surface area contributed by atoms with Gasteiger partial charge in [-0.15, -0.1) is 0 Å². The highest BCUT2D eigenvalue weighted by atomic mass is 16.1. The maximum atomic E-state index is 11.9. The Balaban J connectivity index is 1.88. The van der Waals surface area contributed by atoms with Crippen LogP contribution in [-0.4, -0.2) is 45.9 Å². The summed E-state index contributed by atoms with van der Waals surface area (Å²) in [7, 11) is 0. The van der Waals surface area contributed by atoms with E-state index in [4.69, 9.17) is 0 Å². The molecule has 0 saturated carbocycles. The first-order valence-electron chi connectivity index (χ1n) is 6.89. The van der Waals surface area contributed by atoms with Crippen molar-refractivity contribution in [2.24, 2.45) is 0 Å². The zero-order chi connectivity index (χ0) is 13.7. The number of aromatic nitrogens is 2. The SMILES string of the molecule is CC(C)(CNC(=O)c1cnccn1)N1CCCCC1. The number of likely N-dealkylation sites (tertiary alicyclic amines) is 1. The van der Waals surface area contributed by atoms with Crippen molar-refractivity contribution < 1.29 is 4.79 Å². The van der Waals surface area contributed by atoms with E-state index in [-0.39, 0.29) is 11.4 Å². The van der Waals surface area contributed by atoms with E-state index in [1.807, 2.05) is 0 Å².